The summed E-state index contributed by atoms with van der Waals surface area (Å²) in [6, 6.07) is 0. The summed E-state index contributed by atoms with van der Waals surface area (Å²) in [6.07, 6.45) is -4.13. The van der Waals surface area contributed by atoms with Gasteiger partial charge in [-0.3, -0.25) is 4.79 Å². The highest BCUT2D eigenvalue weighted by molar-refractivity contribution is 5.91. The van der Waals surface area contributed by atoms with Crippen LogP contribution in [0.5, 0.6) is 5.75 Å². The van der Waals surface area contributed by atoms with E-state index in [1.165, 1.54) is 6.92 Å². The number of pyridine rings is 1. The molecule has 0 amide bonds. The summed E-state index contributed by atoms with van der Waals surface area (Å²) in [5.41, 5.74) is 3.50. The molecule has 1 rings (SSSR count). The quantitative estimate of drug-likeness (QED) is 0.799. The van der Waals surface area contributed by atoms with Crippen LogP contribution in [0, 0.1) is 0 Å². The maximum absolute atomic E-state index is 12.2. The molecule has 0 fully saturated rings. The first-order chi connectivity index (χ1) is 8.80. The fourth-order valence-electron chi connectivity index (χ4n) is 1.37. The molecule has 9 heteroatoms. The summed E-state index contributed by atoms with van der Waals surface area (Å²) >= 11 is 0. The minimum absolute atomic E-state index is 0.0252. The van der Waals surface area contributed by atoms with Gasteiger partial charge in [0.25, 0.3) is 5.56 Å². The Hall–Kier alpha value is -2.03. The molecule has 6 nitrogen and oxygen atoms in total. The van der Waals surface area contributed by atoms with Gasteiger partial charge in [-0.05, 0) is 6.92 Å². The summed E-state index contributed by atoms with van der Waals surface area (Å²) in [6.45, 7) is 1.07. The molecule has 0 aliphatic rings. The zero-order chi connectivity index (χ0) is 14.6. The molecule has 1 heterocycles. The first-order valence-corrected chi connectivity index (χ1v) is 5.17. The monoisotopic (exact) mass is 280 g/mol. The van der Waals surface area contributed by atoms with Crippen molar-refractivity contribution in [3.05, 3.63) is 27.7 Å². The number of halogens is 3. The summed E-state index contributed by atoms with van der Waals surface area (Å²) in [5.74, 6) is -1.95. The van der Waals surface area contributed by atoms with Crippen LogP contribution >= 0.6 is 0 Å². The van der Waals surface area contributed by atoms with Crippen molar-refractivity contribution in [1.29, 1.82) is 0 Å². The second-order valence-electron chi connectivity index (χ2n) is 3.31. The van der Waals surface area contributed by atoms with Crippen LogP contribution in [-0.2, 0) is 11.3 Å². The first kappa shape index (κ1) is 15.0. The van der Waals surface area contributed by atoms with Crippen molar-refractivity contribution >= 4 is 5.97 Å². The molecule has 19 heavy (non-hydrogen) atoms. The zero-order valence-electron chi connectivity index (χ0n) is 9.84. The van der Waals surface area contributed by atoms with Gasteiger partial charge < -0.3 is 20.2 Å². The number of rotatable bonds is 4. The van der Waals surface area contributed by atoms with Gasteiger partial charge in [-0.2, -0.15) is 0 Å². The van der Waals surface area contributed by atoms with Gasteiger partial charge in [0.15, 0.2) is 5.75 Å². The van der Waals surface area contributed by atoms with Crippen molar-refractivity contribution < 1.29 is 27.4 Å². The number of nitrogens with one attached hydrogen (secondary N) is 1. The van der Waals surface area contributed by atoms with Crippen LogP contribution in [0.2, 0.25) is 0 Å². The van der Waals surface area contributed by atoms with Crippen molar-refractivity contribution in [2.24, 2.45) is 5.73 Å². The van der Waals surface area contributed by atoms with Crippen LogP contribution in [-0.4, -0.2) is 23.9 Å². The third-order valence-electron chi connectivity index (χ3n) is 2.07. The molecule has 106 valence electrons. The van der Waals surface area contributed by atoms with E-state index in [0.29, 0.717) is 0 Å². The van der Waals surface area contributed by atoms with Crippen LogP contribution in [0.4, 0.5) is 13.2 Å². The Morgan fingerprint density at radius 3 is 2.58 bits per heavy atom. The molecule has 1 aromatic heterocycles. The highest BCUT2D eigenvalue weighted by Crippen LogP contribution is 2.25. The molecule has 0 radical (unpaired) electrons. The van der Waals surface area contributed by atoms with E-state index in [9.17, 15) is 22.8 Å². The standard InChI is InChI=1S/C10H11F3N2O4/c1-2-18-9(17)6-4-15-8(16)7(5(6)3-14)19-10(11,12)13/h4H,2-3,14H2,1H3,(H,15,16). The number of hydrogen-bond donors (Lipinski definition) is 2. The van der Waals surface area contributed by atoms with Gasteiger partial charge in [-0.15, -0.1) is 13.2 Å². The normalized spacial score (nSPS) is 11.2. The predicted molar refractivity (Wildman–Crippen MR) is 57.6 cm³/mol. The average Bonchev–Trinajstić information content (AvgIpc) is 2.30. The second-order valence-corrected chi connectivity index (χ2v) is 3.31. The molecule has 0 unspecified atom stereocenters. The molecule has 1 aromatic rings. The van der Waals surface area contributed by atoms with Crippen molar-refractivity contribution in [3.8, 4) is 5.75 Å². The minimum atomic E-state index is -5.07. The number of ether oxygens (including phenoxy) is 2. The molecule has 0 saturated heterocycles. The molecule has 0 aliphatic heterocycles. The lowest BCUT2D eigenvalue weighted by Gasteiger charge is -2.13. The fraction of sp³-hybridized carbons (Fsp3) is 0.400. The maximum atomic E-state index is 12.2. The minimum Gasteiger partial charge on any atom is -0.462 e. The Morgan fingerprint density at radius 2 is 2.11 bits per heavy atom. The number of carbonyl (C=O) groups is 1. The van der Waals surface area contributed by atoms with Crippen LogP contribution in [0.1, 0.15) is 22.8 Å². The van der Waals surface area contributed by atoms with Crippen molar-refractivity contribution in [2.45, 2.75) is 19.8 Å². The van der Waals surface area contributed by atoms with Crippen LogP contribution in [0.3, 0.4) is 0 Å². The molecule has 0 atom stereocenters. The van der Waals surface area contributed by atoms with Gasteiger partial charge >= 0.3 is 12.3 Å². The van der Waals surface area contributed by atoms with E-state index in [1.54, 1.807) is 0 Å². The van der Waals surface area contributed by atoms with Crippen LogP contribution < -0.4 is 16.0 Å². The lowest BCUT2D eigenvalue weighted by Crippen LogP contribution is -2.26. The molecule has 0 aliphatic carbocycles. The molecule has 0 saturated carbocycles. The Balaban J connectivity index is 3.33. The molecule has 0 spiro atoms. The van der Waals surface area contributed by atoms with Crippen molar-refractivity contribution in [1.82, 2.24) is 4.98 Å². The number of alkyl halides is 3. The average molecular weight is 280 g/mol. The summed E-state index contributed by atoms with van der Waals surface area (Å²) < 4.78 is 44.8. The van der Waals surface area contributed by atoms with E-state index < -0.39 is 30.2 Å². The van der Waals surface area contributed by atoms with E-state index in [0.717, 1.165) is 6.20 Å². The summed E-state index contributed by atoms with van der Waals surface area (Å²) in [5, 5.41) is 0. The molecule has 3 N–H and O–H groups in total. The topological polar surface area (TPSA) is 94.4 Å². The molecule has 0 bridgehead atoms. The lowest BCUT2D eigenvalue weighted by molar-refractivity contribution is -0.275. The van der Waals surface area contributed by atoms with E-state index >= 15 is 0 Å². The fourth-order valence-corrected chi connectivity index (χ4v) is 1.37. The molecule has 0 aromatic carbocycles. The largest absolute Gasteiger partial charge is 0.573 e. The Bertz CT molecular complexity index is 524. The van der Waals surface area contributed by atoms with Gasteiger partial charge in [-0.1, -0.05) is 0 Å². The Morgan fingerprint density at radius 1 is 1.47 bits per heavy atom. The Kier molecular flexibility index (Phi) is 4.54. The number of esters is 1. The third kappa shape index (κ3) is 3.71. The lowest BCUT2D eigenvalue weighted by atomic mass is 10.1. The van der Waals surface area contributed by atoms with Crippen LogP contribution in [0.25, 0.3) is 0 Å². The zero-order valence-corrected chi connectivity index (χ0v) is 9.84. The molecular weight excluding hydrogens is 269 g/mol. The third-order valence-corrected chi connectivity index (χ3v) is 2.07. The highest BCUT2D eigenvalue weighted by Gasteiger charge is 2.34. The summed E-state index contributed by atoms with van der Waals surface area (Å²) in [4.78, 5) is 24.8. The number of aromatic amines is 1. The predicted octanol–water partition coefficient (Wildman–Crippen LogP) is 0.909. The maximum Gasteiger partial charge on any atom is 0.573 e. The number of hydrogen-bond acceptors (Lipinski definition) is 5. The summed E-state index contributed by atoms with van der Waals surface area (Å²) in [7, 11) is 0. The van der Waals surface area contributed by atoms with E-state index in [-0.39, 0.29) is 17.7 Å². The molecular formula is C10H11F3N2O4. The van der Waals surface area contributed by atoms with E-state index in [2.05, 4.69) is 9.47 Å². The first-order valence-electron chi connectivity index (χ1n) is 5.17. The van der Waals surface area contributed by atoms with Gasteiger partial charge in [0.1, 0.15) is 0 Å². The van der Waals surface area contributed by atoms with Gasteiger partial charge in [-0.25, -0.2) is 4.79 Å². The number of carbonyl (C=O) groups excluding carboxylic acids is 1. The Labute approximate surface area is 105 Å². The highest BCUT2D eigenvalue weighted by atomic mass is 19.4. The SMILES string of the molecule is CCOC(=O)c1c[nH]c(=O)c(OC(F)(F)F)c1CN. The van der Waals surface area contributed by atoms with Gasteiger partial charge in [0.2, 0.25) is 0 Å². The van der Waals surface area contributed by atoms with Crippen LogP contribution in [0.15, 0.2) is 11.0 Å². The van der Waals surface area contributed by atoms with E-state index in [4.69, 9.17) is 5.73 Å². The van der Waals surface area contributed by atoms with Crippen molar-refractivity contribution in [2.75, 3.05) is 6.61 Å². The number of H-pyrrole nitrogens is 1. The van der Waals surface area contributed by atoms with Gasteiger partial charge in [0.05, 0.1) is 12.2 Å². The van der Waals surface area contributed by atoms with Crippen molar-refractivity contribution in [3.63, 3.8) is 0 Å². The van der Waals surface area contributed by atoms with E-state index in [1.807, 2.05) is 4.98 Å². The number of aromatic nitrogens is 1. The second kappa shape index (κ2) is 5.74. The smallest absolute Gasteiger partial charge is 0.462 e. The van der Waals surface area contributed by atoms with Gasteiger partial charge in [0, 0.05) is 18.3 Å². The number of nitrogens with two attached hydrogens (primary N) is 1.